The molecule has 0 N–H and O–H groups in total. The van der Waals surface area contributed by atoms with Crippen LogP contribution in [0, 0.1) is 13.8 Å². The smallest absolute Gasteiger partial charge is 0.344 e. The van der Waals surface area contributed by atoms with Gasteiger partial charge >= 0.3 is 5.89 Å². The van der Waals surface area contributed by atoms with E-state index in [1.807, 2.05) is 13.0 Å². The molecule has 3 heteroatoms. The molecule has 1 aromatic carbocycles. The summed E-state index contributed by atoms with van der Waals surface area (Å²) in [5.74, 6) is 0.975. The molecule has 14 heavy (non-hydrogen) atoms. The van der Waals surface area contributed by atoms with Crippen molar-refractivity contribution in [1.29, 1.82) is 0 Å². The molecule has 0 amide bonds. The highest BCUT2D eigenvalue weighted by molar-refractivity contribution is 5.69. The summed E-state index contributed by atoms with van der Waals surface area (Å²) < 4.78 is 7.79. The molecule has 0 unspecified atom stereocenters. The summed E-state index contributed by atoms with van der Waals surface area (Å²) in [7, 11) is 0. The highest BCUT2D eigenvalue weighted by Crippen LogP contribution is 2.14. The first-order chi connectivity index (χ1) is 6.22. The quantitative estimate of drug-likeness (QED) is 0.506. The van der Waals surface area contributed by atoms with Crippen LogP contribution < -0.4 is 28.5 Å². The zero-order valence-corrected chi connectivity index (χ0v) is 10.8. The van der Waals surface area contributed by atoms with Crippen LogP contribution in [0.4, 0.5) is 0 Å². The van der Waals surface area contributed by atoms with Crippen molar-refractivity contribution in [3.8, 4) is 0 Å². The van der Waals surface area contributed by atoms with Crippen LogP contribution in [0.5, 0.6) is 0 Å². The number of halogens is 1. The van der Waals surface area contributed by atoms with Gasteiger partial charge in [0.2, 0.25) is 5.58 Å². The molecule has 0 saturated carbocycles. The van der Waals surface area contributed by atoms with Crippen molar-refractivity contribution in [1.82, 2.24) is 0 Å². The number of benzene rings is 1. The van der Waals surface area contributed by atoms with Gasteiger partial charge in [-0.3, -0.25) is 0 Å². The summed E-state index contributed by atoms with van der Waals surface area (Å²) in [6.45, 7) is 7.19. The lowest BCUT2D eigenvalue weighted by Crippen LogP contribution is -3.00. The fourth-order valence-electron chi connectivity index (χ4n) is 1.70. The molecule has 2 aromatic rings. The number of aryl methyl sites for hydroxylation is 3. The number of rotatable bonds is 1. The van der Waals surface area contributed by atoms with Crippen LogP contribution >= 0.6 is 0 Å². The molecule has 0 atom stereocenters. The maximum atomic E-state index is 5.61. The van der Waals surface area contributed by atoms with Crippen molar-refractivity contribution in [2.24, 2.45) is 0 Å². The molecule has 0 radical (unpaired) electrons. The van der Waals surface area contributed by atoms with Gasteiger partial charge in [0.05, 0.1) is 6.92 Å². The topological polar surface area (TPSA) is 17.0 Å². The molecule has 0 aliphatic heterocycles. The van der Waals surface area contributed by atoms with Crippen LogP contribution in [0.15, 0.2) is 22.6 Å². The maximum absolute atomic E-state index is 5.61. The van der Waals surface area contributed by atoms with Gasteiger partial charge in [-0.15, -0.1) is 0 Å². The largest absolute Gasteiger partial charge is 1.00 e. The summed E-state index contributed by atoms with van der Waals surface area (Å²) in [5, 5.41) is 0. The SMILES string of the molecule is CC[n+]1c(C)oc2ccc(C)cc21.[I-]. The summed E-state index contributed by atoms with van der Waals surface area (Å²) >= 11 is 0. The Kier molecular flexibility index (Phi) is 3.53. The molecule has 2 nitrogen and oxygen atoms in total. The Morgan fingerprint density at radius 3 is 2.64 bits per heavy atom. The van der Waals surface area contributed by atoms with Crippen LogP contribution in [-0.4, -0.2) is 0 Å². The van der Waals surface area contributed by atoms with E-state index in [1.54, 1.807) is 0 Å². The number of aromatic nitrogens is 1. The summed E-state index contributed by atoms with van der Waals surface area (Å²) in [5.41, 5.74) is 3.44. The molecule has 0 saturated heterocycles. The predicted molar refractivity (Wildman–Crippen MR) is 51.6 cm³/mol. The fourth-order valence-corrected chi connectivity index (χ4v) is 1.70. The Bertz CT molecular complexity index is 448. The molecule has 0 aliphatic carbocycles. The lowest BCUT2D eigenvalue weighted by molar-refractivity contribution is -0.679. The van der Waals surface area contributed by atoms with Crippen molar-refractivity contribution >= 4 is 11.1 Å². The average Bonchev–Trinajstić information content (AvgIpc) is 2.40. The van der Waals surface area contributed by atoms with Crippen LogP contribution in [0.2, 0.25) is 0 Å². The van der Waals surface area contributed by atoms with Gasteiger partial charge in [-0.1, -0.05) is 6.07 Å². The third-order valence-electron chi connectivity index (χ3n) is 2.36. The number of fused-ring (bicyclic) bond motifs is 1. The minimum Gasteiger partial charge on any atom is -1.00 e. The lowest BCUT2D eigenvalue weighted by atomic mass is 10.2. The van der Waals surface area contributed by atoms with E-state index in [-0.39, 0.29) is 24.0 Å². The van der Waals surface area contributed by atoms with E-state index >= 15 is 0 Å². The molecular formula is C11H14INO. The Morgan fingerprint density at radius 2 is 2.00 bits per heavy atom. The first kappa shape index (κ1) is 11.5. The Labute approximate surface area is 101 Å². The molecule has 0 fully saturated rings. The predicted octanol–water partition coefficient (Wildman–Crippen LogP) is -0.639. The lowest BCUT2D eigenvalue weighted by Gasteiger charge is -1.89. The van der Waals surface area contributed by atoms with Gasteiger partial charge in [-0.05, 0) is 25.5 Å². The van der Waals surface area contributed by atoms with Gasteiger partial charge in [-0.2, -0.15) is 4.57 Å². The number of hydrogen-bond acceptors (Lipinski definition) is 1. The third kappa shape index (κ3) is 1.78. The van der Waals surface area contributed by atoms with E-state index in [4.69, 9.17) is 4.42 Å². The standard InChI is InChI=1S/C11H14NO.HI/c1-4-12-9(3)13-11-6-5-8(2)7-10(11)12;/h5-7H,4H2,1-3H3;1H/q+1;/p-1. The second-order valence-corrected chi connectivity index (χ2v) is 3.34. The molecule has 76 valence electrons. The molecule has 0 aliphatic rings. The van der Waals surface area contributed by atoms with E-state index < -0.39 is 0 Å². The maximum Gasteiger partial charge on any atom is 0.344 e. The summed E-state index contributed by atoms with van der Waals surface area (Å²) in [4.78, 5) is 0. The van der Waals surface area contributed by atoms with Gasteiger partial charge in [0.1, 0.15) is 6.54 Å². The monoisotopic (exact) mass is 303 g/mol. The minimum absolute atomic E-state index is 0. The average molecular weight is 303 g/mol. The van der Waals surface area contributed by atoms with Crippen molar-refractivity contribution in [2.45, 2.75) is 27.3 Å². The normalized spacial score (nSPS) is 10.2. The van der Waals surface area contributed by atoms with E-state index in [9.17, 15) is 0 Å². The van der Waals surface area contributed by atoms with E-state index in [0.29, 0.717) is 0 Å². The number of nitrogens with zero attached hydrogens (tertiary/aromatic N) is 1. The van der Waals surface area contributed by atoms with E-state index in [2.05, 4.69) is 30.5 Å². The van der Waals surface area contributed by atoms with E-state index in [0.717, 1.165) is 18.0 Å². The summed E-state index contributed by atoms with van der Waals surface area (Å²) in [6, 6.07) is 6.27. The number of oxazole rings is 1. The zero-order valence-electron chi connectivity index (χ0n) is 8.67. The van der Waals surface area contributed by atoms with Crippen LogP contribution in [-0.2, 0) is 6.54 Å². The fraction of sp³-hybridized carbons (Fsp3) is 0.364. The molecule has 1 heterocycles. The number of hydrogen-bond donors (Lipinski definition) is 0. The van der Waals surface area contributed by atoms with Gasteiger partial charge < -0.3 is 28.4 Å². The second kappa shape index (κ2) is 4.29. The van der Waals surface area contributed by atoms with E-state index in [1.165, 1.54) is 11.1 Å². The van der Waals surface area contributed by atoms with Crippen molar-refractivity contribution in [3.05, 3.63) is 29.7 Å². The zero-order chi connectivity index (χ0) is 9.42. The van der Waals surface area contributed by atoms with Crippen molar-refractivity contribution in [3.63, 3.8) is 0 Å². The van der Waals surface area contributed by atoms with Crippen LogP contribution in [0.25, 0.3) is 11.1 Å². The van der Waals surface area contributed by atoms with Gasteiger partial charge in [0.25, 0.3) is 5.52 Å². The highest BCUT2D eigenvalue weighted by atomic mass is 127. The first-order valence-corrected chi connectivity index (χ1v) is 4.62. The Hall–Kier alpha value is -0.580. The Balaban J connectivity index is 0.000000980. The van der Waals surface area contributed by atoms with Crippen molar-refractivity contribution < 1.29 is 33.0 Å². The summed E-state index contributed by atoms with van der Waals surface area (Å²) in [6.07, 6.45) is 0. The highest BCUT2D eigenvalue weighted by Gasteiger charge is 2.16. The minimum atomic E-state index is 0. The first-order valence-electron chi connectivity index (χ1n) is 4.62. The van der Waals surface area contributed by atoms with Crippen LogP contribution in [0.3, 0.4) is 0 Å². The Morgan fingerprint density at radius 1 is 1.29 bits per heavy atom. The van der Waals surface area contributed by atoms with Gasteiger partial charge in [0, 0.05) is 6.07 Å². The molecule has 0 bridgehead atoms. The molecular weight excluding hydrogens is 289 g/mol. The van der Waals surface area contributed by atoms with Crippen LogP contribution in [0.1, 0.15) is 18.4 Å². The third-order valence-corrected chi connectivity index (χ3v) is 2.36. The molecule has 2 rings (SSSR count). The van der Waals surface area contributed by atoms with Gasteiger partial charge in [-0.25, -0.2) is 0 Å². The molecule has 1 aromatic heterocycles. The molecule has 0 spiro atoms. The van der Waals surface area contributed by atoms with Crippen molar-refractivity contribution in [2.75, 3.05) is 0 Å². The van der Waals surface area contributed by atoms with Gasteiger partial charge in [0.15, 0.2) is 0 Å². The second-order valence-electron chi connectivity index (χ2n) is 3.34.